The molecule has 0 fully saturated rings. The van der Waals surface area contributed by atoms with Crippen LogP contribution in [0.4, 0.5) is 5.69 Å². The standard InChI is InChI=1S/C8H6NO3S/c10-8(5-13)6-1-3-7(4-2-6)9(11)12/h1-4H,5H2. The van der Waals surface area contributed by atoms with Crippen molar-refractivity contribution in [2.75, 3.05) is 5.75 Å². The van der Waals surface area contributed by atoms with Crippen LogP contribution >= 0.6 is 12.6 Å². The van der Waals surface area contributed by atoms with Gasteiger partial charge in [0.15, 0.2) is 5.78 Å². The van der Waals surface area contributed by atoms with E-state index in [-0.39, 0.29) is 17.2 Å². The maximum absolute atomic E-state index is 11.0. The summed E-state index contributed by atoms with van der Waals surface area (Å²) in [5.41, 5.74) is 0.390. The Morgan fingerprint density at radius 2 is 1.92 bits per heavy atom. The molecule has 0 aromatic heterocycles. The summed E-state index contributed by atoms with van der Waals surface area (Å²) in [6.07, 6.45) is 0. The van der Waals surface area contributed by atoms with Crippen LogP contribution in [0.3, 0.4) is 0 Å². The molecule has 0 heterocycles. The zero-order valence-electron chi connectivity index (χ0n) is 6.60. The van der Waals surface area contributed by atoms with Gasteiger partial charge in [-0.3, -0.25) is 14.9 Å². The average Bonchev–Trinajstić information content (AvgIpc) is 2.17. The topological polar surface area (TPSA) is 60.2 Å². The number of hydrogen-bond donors (Lipinski definition) is 0. The summed E-state index contributed by atoms with van der Waals surface area (Å²) in [4.78, 5) is 20.8. The first-order valence-corrected chi connectivity index (χ1v) is 4.08. The van der Waals surface area contributed by atoms with Crippen molar-refractivity contribution >= 4 is 24.1 Å². The molecule has 1 rings (SSSR count). The van der Waals surface area contributed by atoms with E-state index in [0.717, 1.165) is 0 Å². The first-order chi connectivity index (χ1) is 6.15. The van der Waals surface area contributed by atoms with Gasteiger partial charge in [-0.15, -0.1) is 0 Å². The Morgan fingerprint density at radius 3 is 2.31 bits per heavy atom. The van der Waals surface area contributed by atoms with Gasteiger partial charge in [-0.2, -0.15) is 0 Å². The van der Waals surface area contributed by atoms with Gasteiger partial charge >= 0.3 is 0 Å². The van der Waals surface area contributed by atoms with Crippen molar-refractivity contribution in [1.82, 2.24) is 0 Å². The van der Waals surface area contributed by atoms with Gasteiger partial charge in [-0.1, -0.05) is 12.6 Å². The number of ketones is 1. The molecule has 1 aromatic rings. The number of carbonyl (C=O) groups is 1. The van der Waals surface area contributed by atoms with E-state index in [2.05, 4.69) is 12.6 Å². The van der Waals surface area contributed by atoms with Crippen molar-refractivity contribution in [2.24, 2.45) is 0 Å². The van der Waals surface area contributed by atoms with Gasteiger partial charge in [-0.25, -0.2) is 0 Å². The summed E-state index contributed by atoms with van der Waals surface area (Å²) >= 11 is 4.56. The molecule has 0 spiro atoms. The number of non-ortho nitro benzene ring substituents is 1. The van der Waals surface area contributed by atoms with Crippen LogP contribution in [0.1, 0.15) is 10.4 Å². The summed E-state index contributed by atoms with van der Waals surface area (Å²) in [6.45, 7) is 0. The van der Waals surface area contributed by atoms with Gasteiger partial charge in [0.05, 0.1) is 10.7 Å². The normalized spacial score (nSPS) is 9.62. The number of nitro groups is 1. The number of carbonyl (C=O) groups excluding carboxylic acids is 1. The first-order valence-electron chi connectivity index (χ1n) is 3.51. The van der Waals surface area contributed by atoms with Crippen LogP contribution in [-0.2, 0) is 0 Å². The van der Waals surface area contributed by atoms with E-state index in [0.29, 0.717) is 5.56 Å². The summed E-state index contributed by atoms with van der Waals surface area (Å²) in [6, 6.07) is 5.40. The highest BCUT2D eigenvalue weighted by molar-refractivity contribution is 7.81. The van der Waals surface area contributed by atoms with Crippen LogP contribution < -0.4 is 0 Å². The molecule has 4 nitrogen and oxygen atoms in total. The fourth-order valence-corrected chi connectivity index (χ4v) is 1.02. The molecule has 0 amide bonds. The summed E-state index contributed by atoms with van der Waals surface area (Å²) in [5, 5.41) is 10.3. The number of rotatable bonds is 3. The second-order valence-corrected chi connectivity index (χ2v) is 2.66. The lowest BCUT2D eigenvalue weighted by Crippen LogP contribution is -1.99. The van der Waals surface area contributed by atoms with Crippen molar-refractivity contribution in [3.05, 3.63) is 39.9 Å². The monoisotopic (exact) mass is 196 g/mol. The van der Waals surface area contributed by atoms with Crippen molar-refractivity contribution in [3.63, 3.8) is 0 Å². The van der Waals surface area contributed by atoms with Gasteiger partial charge in [0.2, 0.25) is 0 Å². The molecule has 0 unspecified atom stereocenters. The van der Waals surface area contributed by atoms with Gasteiger partial charge in [-0.05, 0) is 12.1 Å². The molecule has 0 saturated heterocycles. The van der Waals surface area contributed by atoms with Crippen LogP contribution in [0.25, 0.3) is 0 Å². The second kappa shape index (κ2) is 4.04. The van der Waals surface area contributed by atoms with Crippen LogP contribution in [0.5, 0.6) is 0 Å². The summed E-state index contributed by atoms with van der Waals surface area (Å²) < 4.78 is 0. The molecule has 0 aliphatic rings. The molecule has 0 bridgehead atoms. The quantitative estimate of drug-likeness (QED) is 0.422. The van der Waals surface area contributed by atoms with E-state index >= 15 is 0 Å². The van der Waals surface area contributed by atoms with Crippen molar-refractivity contribution in [1.29, 1.82) is 0 Å². The molecule has 0 N–H and O–H groups in total. The minimum Gasteiger partial charge on any atom is -0.293 e. The molecule has 0 aliphatic carbocycles. The minimum absolute atomic E-state index is 0.00217. The fourth-order valence-electron chi connectivity index (χ4n) is 0.852. The Morgan fingerprint density at radius 1 is 1.38 bits per heavy atom. The third-order valence-electron chi connectivity index (χ3n) is 1.53. The molecule has 13 heavy (non-hydrogen) atoms. The number of benzene rings is 1. The zero-order valence-corrected chi connectivity index (χ0v) is 7.41. The molecule has 5 heteroatoms. The van der Waals surface area contributed by atoms with Crippen molar-refractivity contribution < 1.29 is 9.72 Å². The van der Waals surface area contributed by atoms with E-state index in [1.54, 1.807) is 0 Å². The van der Waals surface area contributed by atoms with Gasteiger partial charge in [0, 0.05) is 17.7 Å². The number of nitro benzene ring substituents is 1. The van der Waals surface area contributed by atoms with E-state index in [9.17, 15) is 14.9 Å². The summed E-state index contributed by atoms with van der Waals surface area (Å²) in [7, 11) is 0. The molecule has 0 atom stereocenters. The zero-order chi connectivity index (χ0) is 9.84. The minimum atomic E-state index is -0.512. The first kappa shape index (κ1) is 9.73. The smallest absolute Gasteiger partial charge is 0.269 e. The highest BCUT2D eigenvalue weighted by Gasteiger charge is 2.07. The van der Waals surface area contributed by atoms with E-state index in [1.165, 1.54) is 24.3 Å². The Hall–Kier alpha value is -1.36. The van der Waals surface area contributed by atoms with Gasteiger partial charge in [0.25, 0.3) is 5.69 Å². The van der Waals surface area contributed by atoms with E-state index in [4.69, 9.17) is 0 Å². The Kier molecular flexibility index (Phi) is 3.02. The lowest BCUT2D eigenvalue weighted by atomic mass is 10.1. The maximum Gasteiger partial charge on any atom is 0.269 e. The highest BCUT2D eigenvalue weighted by atomic mass is 32.1. The molecule has 1 radical (unpaired) electrons. The Bertz CT molecular complexity index is 334. The third-order valence-corrected chi connectivity index (χ3v) is 1.79. The van der Waals surface area contributed by atoms with Crippen LogP contribution in [-0.4, -0.2) is 16.5 Å². The predicted octanol–water partition coefficient (Wildman–Crippen LogP) is 1.97. The lowest BCUT2D eigenvalue weighted by molar-refractivity contribution is -0.384. The molecule has 0 aliphatic heterocycles. The SMILES string of the molecule is O=C(C[S])c1ccc([N+](=O)[O-])cc1. The van der Waals surface area contributed by atoms with Crippen LogP contribution in [0.15, 0.2) is 24.3 Å². The maximum atomic E-state index is 11.0. The van der Waals surface area contributed by atoms with Crippen molar-refractivity contribution in [3.8, 4) is 0 Å². The van der Waals surface area contributed by atoms with Crippen LogP contribution in [0, 0.1) is 10.1 Å². The molecular weight excluding hydrogens is 190 g/mol. The van der Waals surface area contributed by atoms with Gasteiger partial charge < -0.3 is 0 Å². The predicted molar refractivity (Wildman–Crippen MR) is 49.9 cm³/mol. The number of Topliss-reactive ketones (excluding diaryl/α,β-unsaturated/α-hetero) is 1. The molecular formula is C8H6NO3S. The molecule has 67 valence electrons. The van der Waals surface area contributed by atoms with E-state index in [1.807, 2.05) is 0 Å². The molecule has 0 saturated carbocycles. The van der Waals surface area contributed by atoms with Gasteiger partial charge in [0.1, 0.15) is 0 Å². The van der Waals surface area contributed by atoms with Crippen LogP contribution in [0.2, 0.25) is 0 Å². The highest BCUT2D eigenvalue weighted by Crippen LogP contribution is 2.12. The summed E-state index contributed by atoms with van der Waals surface area (Å²) in [5.74, 6) is -0.192. The average molecular weight is 196 g/mol. The molecule has 1 aromatic carbocycles. The number of hydrogen-bond acceptors (Lipinski definition) is 3. The largest absolute Gasteiger partial charge is 0.293 e. The number of nitrogens with zero attached hydrogens (tertiary/aromatic N) is 1. The third kappa shape index (κ3) is 2.29. The van der Waals surface area contributed by atoms with E-state index < -0.39 is 4.92 Å². The lowest BCUT2D eigenvalue weighted by Gasteiger charge is -1.95. The fraction of sp³-hybridized carbons (Fsp3) is 0.125. The second-order valence-electron chi connectivity index (χ2n) is 2.37. The Balaban J connectivity index is 2.93. The van der Waals surface area contributed by atoms with Crippen molar-refractivity contribution in [2.45, 2.75) is 0 Å². The Labute approximate surface area is 80.1 Å².